The molecule has 5 heteroatoms. The summed E-state index contributed by atoms with van der Waals surface area (Å²) in [4.78, 5) is 15.6. The molecule has 154 valence electrons. The van der Waals surface area contributed by atoms with Gasteiger partial charge in [0.15, 0.2) is 6.61 Å². The summed E-state index contributed by atoms with van der Waals surface area (Å²) < 4.78 is 5.54. The maximum Gasteiger partial charge on any atom is 0.341 e. The predicted octanol–water partition coefficient (Wildman–Crippen LogP) is 4.74. The van der Waals surface area contributed by atoms with Crippen molar-refractivity contribution < 1.29 is 14.6 Å². The molecule has 0 unspecified atom stereocenters. The number of para-hydroxylation sites is 2. The van der Waals surface area contributed by atoms with Gasteiger partial charge >= 0.3 is 5.97 Å². The van der Waals surface area contributed by atoms with Crippen LogP contribution >= 0.6 is 0 Å². The average molecular weight is 402 g/mol. The number of fused-ring (bicyclic) bond motifs is 1. The van der Waals surface area contributed by atoms with Crippen molar-refractivity contribution in [3.8, 4) is 5.75 Å². The molecule has 0 aromatic heterocycles. The van der Waals surface area contributed by atoms with Crippen LogP contribution in [-0.2, 0) is 11.2 Å². The number of hydrogen-bond donors (Lipinski definition) is 1. The SMILES string of the molecule is O=C(O)COc1cccc2c1CCCN2CCN(c1ccccc1)c1ccccc1. The molecule has 1 N–H and O–H groups in total. The van der Waals surface area contributed by atoms with E-state index in [1.165, 1.54) is 11.4 Å². The Balaban J connectivity index is 1.54. The van der Waals surface area contributed by atoms with E-state index in [0.29, 0.717) is 5.75 Å². The van der Waals surface area contributed by atoms with Crippen LogP contribution in [0.15, 0.2) is 78.9 Å². The van der Waals surface area contributed by atoms with Crippen molar-refractivity contribution in [2.24, 2.45) is 0 Å². The molecule has 1 aliphatic rings. The van der Waals surface area contributed by atoms with Gasteiger partial charge in [-0.1, -0.05) is 42.5 Å². The molecule has 30 heavy (non-hydrogen) atoms. The molecule has 0 saturated heterocycles. The maximum absolute atomic E-state index is 10.9. The summed E-state index contributed by atoms with van der Waals surface area (Å²) >= 11 is 0. The lowest BCUT2D eigenvalue weighted by Gasteiger charge is -2.35. The number of rotatable bonds is 8. The van der Waals surface area contributed by atoms with Crippen LogP contribution in [0.5, 0.6) is 5.75 Å². The minimum absolute atomic E-state index is 0.313. The van der Waals surface area contributed by atoms with Crippen molar-refractivity contribution in [3.05, 3.63) is 84.4 Å². The van der Waals surface area contributed by atoms with Gasteiger partial charge in [0.2, 0.25) is 0 Å². The fourth-order valence-corrected chi connectivity index (χ4v) is 4.02. The first-order chi connectivity index (χ1) is 14.7. The number of hydrogen-bond acceptors (Lipinski definition) is 4. The van der Waals surface area contributed by atoms with Gasteiger partial charge in [0.05, 0.1) is 0 Å². The largest absolute Gasteiger partial charge is 0.482 e. The van der Waals surface area contributed by atoms with Crippen molar-refractivity contribution in [1.82, 2.24) is 0 Å². The van der Waals surface area contributed by atoms with Crippen LogP contribution < -0.4 is 14.5 Å². The van der Waals surface area contributed by atoms with Gasteiger partial charge in [-0.05, 0) is 49.2 Å². The number of benzene rings is 3. The Hall–Kier alpha value is -3.47. The van der Waals surface area contributed by atoms with Gasteiger partial charge in [0.25, 0.3) is 0 Å². The zero-order valence-electron chi connectivity index (χ0n) is 16.9. The Bertz CT molecular complexity index is 937. The minimum Gasteiger partial charge on any atom is -0.482 e. The van der Waals surface area contributed by atoms with Gasteiger partial charge < -0.3 is 19.6 Å². The van der Waals surface area contributed by atoms with Crippen LogP contribution in [0.2, 0.25) is 0 Å². The Kier molecular flexibility index (Phi) is 6.18. The number of carboxylic acid groups (broad SMARTS) is 1. The van der Waals surface area contributed by atoms with Gasteiger partial charge in [-0.3, -0.25) is 0 Å². The Morgan fingerprint density at radius 1 is 0.933 bits per heavy atom. The molecule has 5 nitrogen and oxygen atoms in total. The molecule has 4 rings (SSSR count). The van der Waals surface area contributed by atoms with Crippen LogP contribution in [0.4, 0.5) is 17.1 Å². The van der Waals surface area contributed by atoms with Crippen molar-refractivity contribution >= 4 is 23.0 Å². The second-order valence-electron chi connectivity index (χ2n) is 7.35. The van der Waals surface area contributed by atoms with E-state index in [9.17, 15) is 4.79 Å². The van der Waals surface area contributed by atoms with Crippen LogP contribution in [-0.4, -0.2) is 37.3 Å². The molecular formula is C25H26N2O3. The third-order valence-electron chi connectivity index (χ3n) is 5.38. The van der Waals surface area contributed by atoms with Crippen molar-refractivity contribution in [1.29, 1.82) is 0 Å². The van der Waals surface area contributed by atoms with Gasteiger partial charge in [0.1, 0.15) is 5.75 Å². The highest BCUT2D eigenvalue weighted by molar-refractivity contribution is 5.69. The smallest absolute Gasteiger partial charge is 0.341 e. The Labute approximate surface area is 177 Å². The minimum atomic E-state index is -0.957. The third kappa shape index (κ3) is 4.57. The zero-order chi connectivity index (χ0) is 20.8. The van der Waals surface area contributed by atoms with Crippen molar-refractivity contribution in [3.63, 3.8) is 0 Å². The monoisotopic (exact) mass is 402 g/mol. The highest BCUT2D eigenvalue weighted by atomic mass is 16.5. The summed E-state index contributed by atoms with van der Waals surface area (Å²) in [6.45, 7) is 2.37. The molecule has 0 atom stereocenters. The van der Waals surface area contributed by atoms with Gasteiger partial charge in [-0.15, -0.1) is 0 Å². The van der Waals surface area contributed by atoms with Crippen LogP contribution in [0, 0.1) is 0 Å². The lowest BCUT2D eigenvalue weighted by atomic mass is 10.0. The van der Waals surface area contributed by atoms with Crippen LogP contribution in [0.3, 0.4) is 0 Å². The van der Waals surface area contributed by atoms with E-state index >= 15 is 0 Å². The van der Waals surface area contributed by atoms with Gasteiger partial charge in [-0.2, -0.15) is 0 Å². The number of anilines is 3. The summed E-state index contributed by atoms with van der Waals surface area (Å²) in [5.41, 5.74) is 4.58. The molecule has 3 aromatic rings. The molecule has 0 bridgehead atoms. The lowest BCUT2D eigenvalue weighted by molar-refractivity contribution is -0.139. The molecule has 0 saturated carbocycles. The number of nitrogens with zero attached hydrogens (tertiary/aromatic N) is 2. The highest BCUT2D eigenvalue weighted by Crippen LogP contribution is 2.34. The topological polar surface area (TPSA) is 53.0 Å². The first-order valence-electron chi connectivity index (χ1n) is 10.3. The molecule has 0 radical (unpaired) electrons. The number of carboxylic acids is 1. The fourth-order valence-electron chi connectivity index (χ4n) is 4.02. The molecule has 0 spiro atoms. The van der Waals surface area contributed by atoms with E-state index in [2.05, 4.69) is 64.4 Å². The van der Waals surface area contributed by atoms with E-state index < -0.39 is 5.97 Å². The van der Waals surface area contributed by atoms with E-state index in [4.69, 9.17) is 9.84 Å². The summed E-state index contributed by atoms with van der Waals surface area (Å²) in [6.07, 6.45) is 1.93. The molecule has 3 aromatic carbocycles. The van der Waals surface area contributed by atoms with Gasteiger partial charge in [0, 0.05) is 42.3 Å². The van der Waals surface area contributed by atoms with E-state index in [-0.39, 0.29) is 6.61 Å². The van der Waals surface area contributed by atoms with Crippen LogP contribution in [0.25, 0.3) is 0 Å². The average Bonchev–Trinajstić information content (AvgIpc) is 2.79. The van der Waals surface area contributed by atoms with E-state index in [1.807, 2.05) is 24.3 Å². The molecular weight excluding hydrogens is 376 g/mol. The number of ether oxygens (including phenoxy) is 1. The molecule has 1 heterocycles. The standard InChI is InChI=1S/C25H26N2O3/c28-25(29)19-30-24-15-7-14-23-22(24)13-8-16-26(23)17-18-27(20-9-3-1-4-10-20)21-11-5-2-6-12-21/h1-7,9-12,14-15H,8,13,16-19H2,(H,28,29). The number of aliphatic carboxylic acids is 1. The highest BCUT2D eigenvalue weighted by Gasteiger charge is 2.21. The molecule has 1 aliphatic heterocycles. The predicted molar refractivity (Wildman–Crippen MR) is 120 cm³/mol. The van der Waals surface area contributed by atoms with E-state index in [1.54, 1.807) is 0 Å². The summed E-state index contributed by atoms with van der Waals surface area (Å²) in [5.74, 6) is -0.274. The van der Waals surface area contributed by atoms with Crippen molar-refractivity contribution in [2.75, 3.05) is 36.0 Å². The quantitative estimate of drug-likeness (QED) is 0.590. The second kappa shape index (κ2) is 9.35. The zero-order valence-corrected chi connectivity index (χ0v) is 16.9. The first-order valence-corrected chi connectivity index (χ1v) is 10.3. The maximum atomic E-state index is 10.9. The lowest BCUT2D eigenvalue weighted by Crippen LogP contribution is -2.36. The Morgan fingerprint density at radius 3 is 2.23 bits per heavy atom. The van der Waals surface area contributed by atoms with E-state index in [0.717, 1.165) is 43.7 Å². The summed E-state index contributed by atoms with van der Waals surface area (Å²) in [5, 5.41) is 8.95. The molecule has 0 aliphatic carbocycles. The normalized spacial score (nSPS) is 12.9. The second-order valence-corrected chi connectivity index (χ2v) is 7.35. The molecule has 0 amide bonds. The number of carbonyl (C=O) groups is 1. The summed E-state index contributed by atoms with van der Waals surface area (Å²) in [6, 6.07) is 26.8. The van der Waals surface area contributed by atoms with Crippen molar-refractivity contribution in [2.45, 2.75) is 12.8 Å². The first kappa shape index (κ1) is 19.8. The fraction of sp³-hybridized carbons (Fsp3) is 0.240. The summed E-state index contributed by atoms with van der Waals surface area (Å²) in [7, 11) is 0. The van der Waals surface area contributed by atoms with Gasteiger partial charge in [-0.25, -0.2) is 4.79 Å². The molecule has 0 fully saturated rings. The third-order valence-corrected chi connectivity index (χ3v) is 5.38. The Morgan fingerprint density at radius 2 is 1.60 bits per heavy atom. The van der Waals surface area contributed by atoms with Crippen LogP contribution in [0.1, 0.15) is 12.0 Å².